The van der Waals surface area contributed by atoms with Crippen molar-refractivity contribution >= 4 is 11.6 Å². The lowest BCUT2D eigenvalue weighted by Crippen LogP contribution is -2.28. The van der Waals surface area contributed by atoms with Gasteiger partial charge in [0.25, 0.3) is 0 Å². The number of aryl methyl sites for hydroxylation is 1. The number of rotatable bonds is 4. The molecule has 2 N–H and O–H groups in total. The highest BCUT2D eigenvalue weighted by molar-refractivity contribution is 5.62. The van der Waals surface area contributed by atoms with Crippen LogP contribution in [0.5, 0.6) is 0 Å². The van der Waals surface area contributed by atoms with Gasteiger partial charge in [-0.15, -0.1) is 0 Å². The maximum atomic E-state index is 13.7. The molecule has 29 heavy (non-hydrogen) atoms. The van der Waals surface area contributed by atoms with Crippen LogP contribution in [0.1, 0.15) is 43.0 Å². The fraction of sp³-hybridized carbons (Fsp3) is 0.350. The molecular formula is C20H21FN8. The van der Waals surface area contributed by atoms with E-state index in [2.05, 4.69) is 49.4 Å². The number of anilines is 1. The van der Waals surface area contributed by atoms with Crippen LogP contribution >= 0.6 is 0 Å². The van der Waals surface area contributed by atoms with Crippen molar-refractivity contribution < 1.29 is 4.39 Å². The van der Waals surface area contributed by atoms with E-state index in [0.29, 0.717) is 17.3 Å². The summed E-state index contributed by atoms with van der Waals surface area (Å²) in [7, 11) is 0. The first-order valence-electron chi connectivity index (χ1n) is 9.72. The van der Waals surface area contributed by atoms with Gasteiger partial charge in [-0.25, -0.2) is 9.37 Å². The van der Waals surface area contributed by atoms with Crippen molar-refractivity contribution in [3.8, 4) is 11.4 Å². The third-order valence-corrected chi connectivity index (χ3v) is 5.33. The molecule has 1 aliphatic carbocycles. The maximum absolute atomic E-state index is 13.7. The lowest BCUT2D eigenvalue weighted by molar-refractivity contribution is 0.596. The highest BCUT2D eigenvalue weighted by atomic mass is 19.1. The standard InChI is InChI=1S/C20H21FN8/c1-11(2)16-10-24-29-19(16)26-18(13-5-14(21)9-22-7-13)27-20(29)25-15-3-4-17-12(6-15)8-23-28-17/h5,7-11,15H,3-4,6H2,1-2H3,(H,23,28)(H,25,26,27)/t15-/m0/s1. The van der Waals surface area contributed by atoms with E-state index in [9.17, 15) is 4.39 Å². The van der Waals surface area contributed by atoms with Crippen LogP contribution in [-0.4, -0.2) is 40.8 Å². The summed E-state index contributed by atoms with van der Waals surface area (Å²) >= 11 is 0. The van der Waals surface area contributed by atoms with Crippen molar-refractivity contribution in [2.75, 3.05) is 5.32 Å². The van der Waals surface area contributed by atoms with Gasteiger partial charge in [-0.2, -0.15) is 19.7 Å². The van der Waals surface area contributed by atoms with Crippen LogP contribution in [0, 0.1) is 5.82 Å². The van der Waals surface area contributed by atoms with E-state index in [0.717, 1.165) is 30.5 Å². The molecule has 0 unspecified atom stereocenters. The Hall–Kier alpha value is -3.36. The van der Waals surface area contributed by atoms with E-state index in [4.69, 9.17) is 0 Å². The number of nitrogens with zero attached hydrogens (tertiary/aromatic N) is 6. The molecule has 0 saturated carbocycles. The average Bonchev–Trinajstić information content (AvgIpc) is 3.34. The van der Waals surface area contributed by atoms with Crippen molar-refractivity contribution in [1.29, 1.82) is 0 Å². The van der Waals surface area contributed by atoms with Gasteiger partial charge in [0.15, 0.2) is 11.5 Å². The first-order valence-corrected chi connectivity index (χ1v) is 9.72. The van der Waals surface area contributed by atoms with E-state index in [1.807, 2.05) is 12.4 Å². The smallest absolute Gasteiger partial charge is 0.228 e. The zero-order valence-electron chi connectivity index (χ0n) is 16.2. The molecule has 0 radical (unpaired) electrons. The predicted molar refractivity (Wildman–Crippen MR) is 106 cm³/mol. The van der Waals surface area contributed by atoms with E-state index in [-0.39, 0.29) is 12.0 Å². The Balaban J connectivity index is 1.58. The number of halogens is 1. The molecule has 0 aromatic carbocycles. The molecule has 148 valence electrons. The lowest BCUT2D eigenvalue weighted by Gasteiger charge is -2.23. The molecule has 0 fully saturated rings. The van der Waals surface area contributed by atoms with Crippen LogP contribution in [0.2, 0.25) is 0 Å². The van der Waals surface area contributed by atoms with Crippen LogP contribution in [0.3, 0.4) is 0 Å². The predicted octanol–water partition coefficient (Wildman–Crippen LogP) is 3.14. The number of aromatic nitrogens is 7. The maximum Gasteiger partial charge on any atom is 0.228 e. The Kier molecular flexibility index (Phi) is 4.22. The summed E-state index contributed by atoms with van der Waals surface area (Å²) in [6.45, 7) is 4.19. The molecule has 9 heteroatoms. The number of nitrogens with one attached hydrogen (secondary N) is 2. The Bertz CT molecular complexity index is 1180. The largest absolute Gasteiger partial charge is 0.351 e. The van der Waals surface area contributed by atoms with Crippen LogP contribution in [0.25, 0.3) is 17.0 Å². The molecule has 0 saturated heterocycles. The number of pyridine rings is 1. The summed E-state index contributed by atoms with van der Waals surface area (Å²) in [5.41, 5.74) is 4.69. The molecule has 4 aromatic rings. The molecule has 0 aliphatic heterocycles. The highest BCUT2D eigenvalue weighted by Crippen LogP contribution is 2.26. The fourth-order valence-corrected chi connectivity index (χ4v) is 3.78. The second kappa shape index (κ2) is 6.91. The van der Waals surface area contributed by atoms with Gasteiger partial charge in [0.2, 0.25) is 5.95 Å². The quantitative estimate of drug-likeness (QED) is 0.554. The minimum absolute atomic E-state index is 0.198. The fourth-order valence-electron chi connectivity index (χ4n) is 3.78. The SMILES string of the molecule is CC(C)c1cnn2c(N[C@H]3CCc4[nH]ncc4C3)nc(-c3cncc(F)c3)nc12. The summed E-state index contributed by atoms with van der Waals surface area (Å²) in [4.78, 5) is 13.3. The Morgan fingerprint density at radius 1 is 1.21 bits per heavy atom. The van der Waals surface area contributed by atoms with Gasteiger partial charge in [-0.1, -0.05) is 13.8 Å². The molecule has 0 amide bonds. The number of hydrogen-bond acceptors (Lipinski definition) is 6. The molecule has 5 rings (SSSR count). The van der Waals surface area contributed by atoms with Crippen molar-refractivity contribution in [3.63, 3.8) is 0 Å². The van der Waals surface area contributed by atoms with E-state index in [1.165, 1.54) is 23.5 Å². The zero-order chi connectivity index (χ0) is 20.0. The average molecular weight is 392 g/mol. The normalized spacial score (nSPS) is 16.3. The lowest BCUT2D eigenvalue weighted by atomic mass is 9.94. The Labute approximate surface area is 166 Å². The molecule has 0 bridgehead atoms. The number of H-pyrrole nitrogens is 1. The number of fused-ring (bicyclic) bond motifs is 2. The van der Waals surface area contributed by atoms with Crippen LogP contribution in [-0.2, 0) is 12.8 Å². The first-order chi connectivity index (χ1) is 14.1. The molecule has 4 heterocycles. The zero-order valence-corrected chi connectivity index (χ0v) is 16.2. The van der Waals surface area contributed by atoms with Gasteiger partial charge >= 0.3 is 0 Å². The molecule has 8 nitrogen and oxygen atoms in total. The number of aromatic amines is 1. The monoisotopic (exact) mass is 392 g/mol. The van der Waals surface area contributed by atoms with Crippen molar-refractivity contribution in [2.45, 2.75) is 45.1 Å². The summed E-state index contributed by atoms with van der Waals surface area (Å²) in [6, 6.07) is 1.59. The first kappa shape index (κ1) is 17.7. The summed E-state index contributed by atoms with van der Waals surface area (Å²) in [6.07, 6.45) is 9.18. The third-order valence-electron chi connectivity index (χ3n) is 5.33. The minimum Gasteiger partial charge on any atom is -0.351 e. The van der Waals surface area contributed by atoms with Gasteiger partial charge in [0.05, 0.1) is 18.6 Å². The van der Waals surface area contributed by atoms with Crippen LogP contribution < -0.4 is 5.32 Å². The minimum atomic E-state index is -0.419. The second-order valence-corrected chi connectivity index (χ2v) is 7.71. The van der Waals surface area contributed by atoms with E-state index in [1.54, 1.807) is 10.7 Å². The Morgan fingerprint density at radius 2 is 2.10 bits per heavy atom. The van der Waals surface area contributed by atoms with Gasteiger partial charge in [-0.05, 0) is 36.8 Å². The van der Waals surface area contributed by atoms with Gasteiger partial charge < -0.3 is 5.32 Å². The van der Waals surface area contributed by atoms with Gasteiger partial charge in [-0.3, -0.25) is 10.1 Å². The van der Waals surface area contributed by atoms with Gasteiger partial charge in [0, 0.05) is 29.1 Å². The van der Waals surface area contributed by atoms with Crippen LogP contribution in [0.4, 0.5) is 10.3 Å². The third kappa shape index (κ3) is 3.22. The highest BCUT2D eigenvalue weighted by Gasteiger charge is 2.23. The van der Waals surface area contributed by atoms with E-state index < -0.39 is 5.82 Å². The van der Waals surface area contributed by atoms with Crippen molar-refractivity contribution in [3.05, 3.63) is 53.5 Å². The topological polar surface area (TPSA) is 96.7 Å². The molecule has 1 atom stereocenters. The molecule has 0 spiro atoms. The van der Waals surface area contributed by atoms with E-state index >= 15 is 0 Å². The summed E-state index contributed by atoms with van der Waals surface area (Å²) in [5.74, 6) is 0.849. The molecular weight excluding hydrogens is 371 g/mol. The van der Waals surface area contributed by atoms with Gasteiger partial charge in [0.1, 0.15) is 5.82 Å². The van der Waals surface area contributed by atoms with Crippen LogP contribution in [0.15, 0.2) is 30.9 Å². The van der Waals surface area contributed by atoms with Crippen molar-refractivity contribution in [2.24, 2.45) is 0 Å². The second-order valence-electron chi connectivity index (χ2n) is 7.71. The summed E-state index contributed by atoms with van der Waals surface area (Å²) < 4.78 is 15.5. The van der Waals surface area contributed by atoms with Crippen molar-refractivity contribution in [1.82, 2.24) is 34.8 Å². The number of hydrogen-bond donors (Lipinski definition) is 2. The summed E-state index contributed by atoms with van der Waals surface area (Å²) in [5, 5.41) is 15.2. The molecule has 1 aliphatic rings. The Morgan fingerprint density at radius 3 is 2.93 bits per heavy atom. The molecule has 4 aromatic heterocycles.